The van der Waals surface area contributed by atoms with Crippen LogP contribution in [0.2, 0.25) is 0 Å². The van der Waals surface area contributed by atoms with E-state index in [1.165, 1.54) is 5.56 Å². The Morgan fingerprint density at radius 2 is 1.90 bits per heavy atom. The predicted octanol–water partition coefficient (Wildman–Crippen LogP) is 2.81. The Morgan fingerprint density at radius 3 is 2.62 bits per heavy atom. The molecular weight excluding hydrogens is 260 g/mol. The molecule has 0 radical (unpaired) electrons. The summed E-state index contributed by atoms with van der Waals surface area (Å²) >= 11 is 0. The Labute approximate surface area is 123 Å². The van der Waals surface area contributed by atoms with E-state index in [1.54, 1.807) is 0 Å². The first-order chi connectivity index (χ1) is 10.3. The number of nitrogens with one attached hydrogen (secondary N) is 1. The van der Waals surface area contributed by atoms with E-state index in [0.29, 0.717) is 6.42 Å². The van der Waals surface area contributed by atoms with Gasteiger partial charge in [0.15, 0.2) is 0 Å². The molecule has 0 amide bonds. The van der Waals surface area contributed by atoms with Crippen LogP contribution in [0.4, 0.5) is 0 Å². The van der Waals surface area contributed by atoms with E-state index in [2.05, 4.69) is 45.2 Å². The summed E-state index contributed by atoms with van der Waals surface area (Å²) in [4.78, 5) is 4.57. The maximum absolute atomic E-state index is 9.02. The van der Waals surface area contributed by atoms with Crippen LogP contribution in [-0.2, 0) is 13.0 Å². The smallest absolute Gasteiger partial charge is 0.128 e. The second kappa shape index (κ2) is 5.78. The van der Waals surface area contributed by atoms with Crippen molar-refractivity contribution in [3.8, 4) is 11.8 Å². The Kier molecular flexibility index (Phi) is 3.67. The number of fused-ring (bicyclic) bond motifs is 1. The van der Waals surface area contributed by atoms with Crippen molar-refractivity contribution in [2.24, 2.45) is 0 Å². The number of imidazole rings is 1. The number of hydrogen-bond acceptors (Lipinski definition) is 3. The van der Waals surface area contributed by atoms with Gasteiger partial charge in [-0.3, -0.25) is 4.57 Å². The fourth-order valence-corrected chi connectivity index (χ4v) is 2.52. The van der Waals surface area contributed by atoms with Crippen LogP contribution in [0, 0.1) is 11.3 Å². The van der Waals surface area contributed by atoms with Crippen molar-refractivity contribution >= 4 is 11.0 Å². The lowest BCUT2D eigenvalue weighted by Gasteiger charge is -2.09. The second-order valence-corrected chi connectivity index (χ2v) is 4.88. The van der Waals surface area contributed by atoms with Crippen molar-refractivity contribution in [3.63, 3.8) is 0 Å². The van der Waals surface area contributed by atoms with Crippen LogP contribution in [0.15, 0.2) is 48.5 Å². The minimum absolute atomic E-state index is 0.299. The summed E-state index contributed by atoms with van der Waals surface area (Å²) in [6, 6.07) is 18.5. The van der Waals surface area contributed by atoms with Crippen LogP contribution < -0.4 is 5.32 Å². The number of rotatable bonds is 4. The average molecular weight is 276 g/mol. The molecule has 0 aliphatic heterocycles. The maximum atomic E-state index is 9.02. The van der Waals surface area contributed by atoms with E-state index in [1.807, 2.05) is 31.3 Å². The number of benzene rings is 2. The highest BCUT2D eigenvalue weighted by Gasteiger charge is 2.11. The summed E-state index contributed by atoms with van der Waals surface area (Å²) < 4.78 is 2.06. The van der Waals surface area contributed by atoms with Crippen LogP contribution in [0.1, 0.15) is 11.4 Å². The summed E-state index contributed by atoms with van der Waals surface area (Å²) in [6.45, 7) is 0.843. The number of aromatic nitrogens is 2. The molecule has 3 aromatic rings. The third-order valence-electron chi connectivity index (χ3n) is 3.44. The highest BCUT2D eigenvalue weighted by molar-refractivity contribution is 5.78. The lowest BCUT2D eigenvalue weighted by Crippen LogP contribution is -2.05. The van der Waals surface area contributed by atoms with E-state index >= 15 is 0 Å². The molecule has 104 valence electrons. The maximum Gasteiger partial charge on any atom is 0.128 e. The van der Waals surface area contributed by atoms with Gasteiger partial charge in [0.1, 0.15) is 5.82 Å². The van der Waals surface area contributed by atoms with Crippen LogP contribution in [0.25, 0.3) is 16.7 Å². The van der Waals surface area contributed by atoms with Gasteiger partial charge in [0.25, 0.3) is 0 Å². The SMILES string of the molecule is CNCc1ccc(-n2c(CC#N)nc3ccccc32)cc1. The quantitative estimate of drug-likeness (QED) is 0.797. The van der Waals surface area contributed by atoms with Gasteiger partial charge in [0.2, 0.25) is 0 Å². The summed E-state index contributed by atoms with van der Waals surface area (Å²) in [7, 11) is 1.93. The first-order valence-corrected chi connectivity index (χ1v) is 6.90. The van der Waals surface area contributed by atoms with Gasteiger partial charge in [-0.1, -0.05) is 24.3 Å². The number of hydrogen-bond donors (Lipinski definition) is 1. The minimum Gasteiger partial charge on any atom is -0.316 e. The van der Waals surface area contributed by atoms with Crippen molar-refractivity contribution in [1.82, 2.24) is 14.9 Å². The summed E-state index contributed by atoms with van der Waals surface area (Å²) in [5, 5.41) is 12.2. The van der Waals surface area contributed by atoms with E-state index in [0.717, 1.165) is 29.1 Å². The van der Waals surface area contributed by atoms with E-state index in [9.17, 15) is 0 Å². The molecular formula is C17H16N4. The van der Waals surface area contributed by atoms with E-state index in [4.69, 9.17) is 5.26 Å². The molecule has 0 spiro atoms. The van der Waals surface area contributed by atoms with Crippen molar-refractivity contribution in [2.75, 3.05) is 7.05 Å². The molecule has 0 saturated carbocycles. The van der Waals surface area contributed by atoms with E-state index < -0.39 is 0 Å². The van der Waals surface area contributed by atoms with Crippen LogP contribution in [0.3, 0.4) is 0 Å². The van der Waals surface area contributed by atoms with Crippen LogP contribution in [-0.4, -0.2) is 16.6 Å². The average Bonchev–Trinajstić information content (AvgIpc) is 2.87. The lowest BCUT2D eigenvalue weighted by atomic mass is 10.2. The first kappa shape index (κ1) is 13.3. The second-order valence-electron chi connectivity index (χ2n) is 4.88. The molecule has 3 rings (SSSR count). The third kappa shape index (κ3) is 2.51. The Morgan fingerprint density at radius 1 is 1.14 bits per heavy atom. The Bertz CT molecular complexity index is 794. The van der Waals surface area contributed by atoms with Crippen molar-refractivity contribution in [1.29, 1.82) is 5.26 Å². The normalized spacial score (nSPS) is 10.7. The molecule has 0 fully saturated rings. The molecule has 0 unspecified atom stereocenters. The first-order valence-electron chi connectivity index (χ1n) is 6.90. The molecule has 1 heterocycles. The summed E-state index contributed by atoms with van der Waals surface area (Å²) in [6.07, 6.45) is 0.299. The monoisotopic (exact) mass is 276 g/mol. The zero-order valence-corrected chi connectivity index (χ0v) is 11.9. The molecule has 1 N–H and O–H groups in total. The van der Waals surface area contributed by atoms with Gasteiger partial charge >= 0.3 is 0 Å². The third-order valence-corrected chi connectivity index (χ3v) is 3.44. The summed E-state index contributed by atoms with van der Waals surface area (Å²) in [5.74, 6) is 0.778. The van der Waals surface area contributed by atoms with Gasteiger partial charge < -0.3 is 5.32 Å². The zero-order chi connectivity index (χ0) is 14.7. The fraction of sp³-hybridized carbons (Fsp3) is 0.176. The highest BCUT2D eigenvalue weighted by atomic mass is 15.1. The van der Waals surface area contributed by atoms with Crippen molar-refractivity contribution in [3.05, 3.63) is 59.9 Å². The molecule has 0 bridgehead atoms. The van der Waals surface area contributed by atoms with E-state index in [-0.39, 0.29) is 0 Å². The van der Waals surface area contributed by atoms with Crippen molar-refractivity contribution in [2.45, 2.75) is 13.0 Å². The predicted molar refractivity (Wildman–Crippen MR) is 83.2 cm³/mol. The van der Waals surface area contributed by atoms with Gasteiger partial charge in [-0.25, -0.2) is 4.98 Å². The number of para-hydroxylation sites is 2. The minimum atomic E-state index is 0.299. The Balaban J connectivity index is 2.13. The van der Waals surface area contributed by atoms with Gasteiger partial charge in [-0.2, -0.15) is 5.26 Å². The zero-order valence-electron chi connectivity index (χ0n) is 11.9. The molecule has 4 nitrogen and oxygen atoms in total. The molecule has 1 aromatic heterocycles. The van der Waals surface area contributed by atoms with Gasteiger partial charge in [-0.15, -0.1) is 0 Å². The number of nitrogens with zero attached hydrogens (tertiary/aromatic N) is 3. The van der Waals surface area contributed by atoms with Crippen LogP contribution >= 0.6 is 0 Å². The summed E-state index contributed by atoms with van der Waals surface area (Å²) in [5.41, 5.74) is 4.22. The number of nitriles is 1. The molecule has 0 saturated heterocycles. The topological polar surface area (TPSA) is 53.6 Å². The molecule has 21 heavy (non-hydrogen) atoms. The van der Waals surface area contributed by atoms with Crippen LogP contribution in [0.5, 0.6) is 0 Å². The molecule has 4 heteroatoms. The lowest BCUT2D eigenvalue weighted by molar-refractivity contribution is 0.817. The molecule has 2 aromatic carbocycles. The standard InChI is InChI=1S/C17H16N4/c1-19-12-13-6-8-14(9-7-13)21-16-5-3-2-4-15(16)20-17(21)10-11-18/h2-9,19H,10,12H2,1H3. The highest BCUT2D eigenvalue weighted by Crippen LogP contribution is 2.22. The Hall–Kier alpha value is -2.64. The fourth-order valence-electron chi connectivity index (χ4n) is 2.52. The largest absolute Gasteiger partial charge is 0.316 e. The molecule has 0 aliphatic rings. The molecule has 0 aliphatic carbocycles. The van der Waals surface area contributed by atoms with Crippen molar-refractivity contribution < 1.29 is 0 Å². The van der Waals surface area contributed by atoms with Gasteiger partial charge in [0.05, 0.1) is 23.5 Å². The van der Waals surface area contributed by atoms with Gasteiger partial charge in [-0.05, 0) is 36.9 Å². The van der Waals surface area contributed by atoms with Gasteiger partial charge in [0, 0.05) is 12.2 Å². The molecule has 0 atom stereocenters.